The van der Waals surface area contributed by atoms with E-state index in [1.54, 1.807) is 19.5 Å². The number of halogens is 1. The number of nitrogens with zero attached hydrogens (tertiary/aromatic N) is 1. The molecule has 0 bridgehead atoms. The Bertz CT molecular complexity index is 355. The fourth-order valence-corrected chi connectivity index (χ4v) is 1.98. The lowest BCUT2D eigenvalue weighted by Crippen LogP contribution is -2.37. The van der Waals surface area contributed by atoms with Gasteiger partial charge in [-0.25, -0.2) is 0 Å². The molecule has 1 N–H and O–H groups in total. The van der Waals surface area contributed by atoms with Crippen LogP contribution in [0, 0.1) is 0 Å². The highest BCUT2D eigenvalue weighted by Crippen LogP contribution is 2.21. The molecule has 0 aliphatic heterocycles. The Morgan fingerprint density at radius 3 is 2.76 bits per heavy atom. The Morgan fingerprint density at radius 2 is 2.24 bits per heavy atom. The first kappa shape index (κ1) is 14.4. The third-order valence-electron chi connectivity index (χ3n) is 3.02. The standard InChI is InChI=1S/C13H21ClN2O/c1-13(2,17-4)8-11(15-3)7-10-5-6-16-9-12(10)14/h5-6,9,11,15H,7-8H2,1-4H3. The van der Waals surface area contributed by atoms with E-state index in [-0.39, 0.29) is 5.60 Å². The Balaban J connectivity index is 2.68. The number of pyridine rings is 1. The van der Waals surface area contributed by atoms with Gasteiger partial charge in [0.25, 0.3) is 0 Å². The Kier molecular flexibility index (Phi) is 5.37. The Morgan fingerprint density at radius 1 is 1.53 bits per heavy atom. The highest BCUT2D eigenvalue weighted by molar-refractivity contribution is 6.31. The van der Waals surface area contributed by atoms with Crippen LogP contribution in [0.2, 0.25) is 5.02 Å². The molecule has 0 amide bonds. The van der Waals surface area contributed by atoms with Gasteiger partial charge in [0.05, 0.1) is 10.6 Å². The number of hydrogen-bond acceptors (Lipinski definition) is 3. The number of likely N-dealkylation sites (N-methyl/N-ethyl adjacent to an activating group) is 1. The van der Waals surface area contributed by atoms with Crippen LogP contribution in [-0.4, -0.2) is 30.8 Å². The molecule has 96 valence electrons. The molecule has 1 heterocycles. The fourth-order valence-electron chi connectivity index (χ4n) is 1.79. The Hall–Kier alpha value is -0.640. The monoisotopic (exact) mass is 256 g/mol. The number of hydrogen-bond donors (Lipinski definition) is 1. The highest BCUT2D eigenvalue weighted by atomic mass is 35.5. The maximum atomic E-state index is 6.11. The number of aromatic nitrogens is 1. The molecular formula is C13H21ClN2O. The first-order valence-electron chi connectivity index (χ1n) is 5.79. The van der Waals surface area contributed by atoms with Crippen molar-refractivity contribution in [3.05, 3.63) is 29.0 Å². The molecule has 17 heavy (non-hydrogen) atoms. The lowest BCUT2D eigenvalue weighted by Gasteiger charge is -2.28. The van der Waals surface area contributed by atoms with Crippen molar-refractivity contribution in [2.24, 2.45) is 0 Å². The summed E-state index contributed by atoms with van der Waals surface area (Å²) in [6.45, 7) is 4.18. The fraction of sp³-hybridized carbons (Fsp3) is 0.615. The van der Waals surface area contributed by atoms with Crippen molar-refractivity contribution in [3.8, 4) is 0 Å². The predicted octanol–water partition coefficient (Wildman–Crippen LogP) is 2.68. The molecule has 1 rings (SSSR count). The van der Waals surface area contributed by atoms with Gasteiger partial charge >= 0.3 is 0 Å². The Labute approximate surface area is 109 Å². The van der Waals surface area contributed by atoms with Crippen LogP contribution in [0.5, 0.6) is 0 Å². The summed E-state index contributed by atoms with van der Waals surface area (Å²) < 4.78 is 5.45. The average molecular weight is 257 g/mol. The van der Waals surface area contributed by atoms with Crippen LogP contribution in [0.25, 0.3) is 0 Å². The summed E-state index contributed by atoms with van der Waals surface area (Å²) >= 11 is 6.11. The zero-order valence-corrected chi connectivity index (χ0v) is 11.7. The number of nitrogens with one attached hydrogen (secondary N) is 1. The van der Waals surface area contributed by atoms with Crippen LogP contribution in [0.4, 0.5) is 0 Å². The second-order valence-corrected chi connectivity index (χ2v) is 5.23. The van der Waals surface area contributed by atoms with Gasteiger partial charge in [0.1, 0.15) is 0 Å². The van der Waals surface area contributed by atoms with Gasteiger partial charge in [0.2, 0.25) is 0 Å². The lowest BCUT2D eigenvalue weighted by molar-refractivity contribution is 0.00773. The van der Waals surface area contributed by atoms with E-state index in [0.29, 0.717) is 6.04 Å². The smallest absolute Gasteiger partial charge is 0.0637 e. The third kappa shape index (κ3) is 4.62. The second-order valence-electron chi connectivity index (χ2n) is 4.82. The normalized spacial score (nSPS) is 13.7. The molecule has 1 aromatic heterocycles. The molecule has 0 radical (unpaired) electrons. The largest absolute Gasteiger partial charge is 0.379 e. The SMILES string of the molecule is CNC(Cc1ccncc1Cl)CC(C)(C)OC. The number of rotatable bonds is 6. The molecule has 1 unspecified atom stereocenters. The van der Waals surface area contributed by atoms with Gasteiger partial charge in [-0.3, -0.25) is 4.98 Å². The maximum absolute atomic E-state index is 6.11. The van der Waals surface area contributed by atoms with Gasteiger partial charge in [0, 0.05) is 25.5 Å². The molecule has 4 heteroatoms. The summed E-state index contributed by atoms with van der Waals surface area (Å²) in [4.78, 5) is 3.99. The minimum atomic E-state index is -0.132. The van der Waals surface area contributed by atoms with Crippen molar-refractivity contribution in [1.29, 1.82) is 0 Å². The van der Waals surface area contributed by atoms with Crippen molar-refractivity contribution in [3.63, 3.8) is 0 Å². The van der Waals surface area contributed by atoms with Gasteiger partial charge in [-0.2, -0.15) is 0 Å². The van der Waals surface area contributed by atoms with Crippen LogP contribution in [0.15, 0.2) is 18.5 Å². The second kappa shape index (κ2) is 6.34. The predicted molar refractivity (Wildman–Crippen MR) is 71.5 cm³/mol. The molecule has 0 saturated heterocycles. The van der Waals surface area contributed by atoms with Crippen molar-refractivity contribution < 1.29 is 4.74 Å². The molecule has 3 nitrogen and oxygen atoms in total. The summed E-state index contributed by atoms with van der Waals surface area (Å²) in [7, 11) is 3.71. The molecule has 0 saturated carbocycles. The first-order chi connectivity index (χ1) is 7.98. The molecular weight excluding hydrogens is 236 g/mol. The van der Waals surface area contributed by atoms with Crippen molar-refractivity contribution in [2.75, 3.05) is 14.2 Å². The third-order valence-corrected chi connectivity index (χ3v) is 3.36. The van der Waals surface area contributed by atoms with E-state index >= 15 is 0 Å². The molecule has 1 atom stereocenters. The number of ether oxygens (including phenoxy) is 1. The summed E-state index contributed by atoms with van der Waals surface area (Å²) in [5, 5.41) is 4.03. The highest BCUT2D eigenvalue weighted by Gasteiger charge is 2.22. The van der Waals surface area contributed by atoms with Crippen LogP contribution in [0.1, 0.15) is 25.8 Å². The van der Waals surface area contributed by atoms with Crippen LogP contribution < -0.4 is 5.32 Å². The zero-order chi connectivity index (χ0) is 12.9. The van der Waals surface area contributed by atoms with E-state index in [2.05, 4.69) is 24.1 Å². The van der Waals surface area contributed by atoms with E-state index in [4.69, 9.17) is 16.3 Å². The molecule has 0 aliphatic carbocycles. The summed E-state index contributed by atoms with van der Waals surface area (Å²) in [5.41, 5.74) is 0.987. The van der Waals surface area contributed by atoms with E-state index in [0.717, 1.165) is 23.4 Å². The van der Waals surface area contributed by atoms with Gasteiger partial charge < -0.3 is 10.1 Å². The average Bonchev–Trinajstić information content (AvgIpc) is 2.31. The van der Waals surface area contributed by atoms with Crippen LogP contribution in [-0.2, 0) is 11.2 Å². The maximum Gasteiger partial charge on any atom is 0.0637 e. The lowest BCUT2D eigenvalue weighted by atomic mass is 9.94. The summed E-state index contributed by atoms with van der Waals surface area (Å²) in [5.74, 6) is 0. The molecule has 0 aromatic carbocycles. The van der Waals surface area contributed by atoms with Crippen LogP contribution in [0.3, 0.4) is 0 Å². The van der Waals surface area contributed by atoms with Crippen molar-refractivity contribution >= 4 is 11.6 Å². The molecule has 0 aliphatic rings. The van der Waals surface area contributed by atoms with Crippen molar-refractivity contribution in [1.82, 2.24) is 10.3 Å². The minimum absolute atomic E-state index is 0.132. The summed E-state index contributed by atoms with van der Waals surface area (Å²) in [6, 6.07) is 2.30. The number of methoxy groups -OCH3 is 1. The van der Waals surface area contributed by atoms with Gasteiger partial charge in [-0.05, 0) is 45.4 Å². The molecule has 0 spiro atoms. The van der Waals surface area contributed by atoms with Gasteiger partial charge in [0.15, 0.2) is 0 Å². The molecule has 0 fully saturated rings. The van der Waals surface area contributed by atoms with Crippen molar-refractivity contribution in [2.45, 2.75) is 38.3 Å². The topological polar surface area (TPSA) is 34.2 Å². The van der Waals surface area contributed by atoms with Crippen LogP contribution >= 0.6 is 11.6 Å². The van der Waals surface area contributed by atoms with E-state index in [1.807, 2.05) is 13.1 Å². The summed E-state index contributed by atoms with van der Waals surface area (Å²) in [6.07, 6.45) is 5.27. The molecule has 1 aromatic rings. The van der Waals surface area contributed by atoms with Gasteiger partial charge in [-0.15, -0.1) is 0 Å². The minimum Gasteiger partial charge on any atom is -0.379 e. The quantitative estimate of drug-likeness (QED) is 0.850. The van der Waals surface area contributed by atoms with E-state index < -0.39 is 0 Å². The van der Waals surface area contributed by atoms with Gasteiger partial charge in [-0.1, -0.05) is 11.6 Å². The zero-order valence-electron chi connectivity index (χ0n) is 11.0. The first-order valence-corrected chi connectivity index (χ1v) is 6.17. The van der Waals surface area contributed by atoms with E-state index in [9.17, 15) is 0 Å². The van der Waals surface area contributed by atoms with E-state index in [1.165, 1.54) is 0 Å².